The van der Waals surface area contributed by atoms with E-state index in [0.29, 0.717) is 41.3 Å². The Kier molecular flexibility index (Phi) is 6.04. The monoisotopic (exact) mass is 469 g/mol. The Morgan fingerprint density at radius 3 is 2.79 bits per heavy atom. The number of nitrogens with one attached hydrogen (secondary N) is 1. The van der Waals surface area contributed by atoms with E-state index in [2.05, 4.69) is 20.0 Å². The van der Waals surface area contributed by atoms with Crippen LogP contribution >= 0.6 is 0 Å². The highest BCUT2D eigenvalue weighted by Gasteiger charge is 2.23. The number of aromatic amines is 1. The SMILES string of the molecule is CCCn1c(CF)nc2cc(-c3cc(OC4CCN(c5cccc(F)c5)CC4)no3)[nH]c2c1=O. The maximum atomic E-state index is 13.5. The van der Waals surface area contributed by atoms with Crippen molar-refractivity contribution in [1.82, 2.24) is 19.7 Å². The van der Waals surface area contributed by atoms with E-state index < -0.39 is 6.67 Å². The molecule has 0 unspecified atom stereocenters. The summed E-state index contributed by atoms with van der Waals surface area (Å²) >= 11 is 0. The number of aromatic nitrogens is 4. The van der Waals surface area contributed by atoms with E-state index in [1.54, 1.807) is 18.2 Å². The molecule has 0 spiro atoms. The molecule has 1 fully saturated rings. The number of hydrogen-bond donors (Lipinski definition) is 1. The van der Waals surface area contributed by atoms with Crippen molar-refractivity contribution in [2.45, 2.75) is 45.5 Å². The van der Waals surface area contributed by atoms with Crippen LogP contribution in [0, 0.1) is 5.82 Å². The van der Waals surface area contributed by atoms with Crippen molar-refractivity contribution < 1.29 is 18.0 Å². The van der Waals surface area contributed by atoms with Crippen molar-refractivity contribution in [2.75, 3.05) is 18.0 Å². The summed E-state index contributed by atoms with van der Waals surface area (Å²) < 4.78 is 39.7. The smallest absolute Gasteiger partial charge is 0.277 e. The summed E-state index contributed by atoms with van der Waals surface area (Å²) in [6, 6.07) is 9.88. The minimum Gasteiger partial charge on any atom is -0.472 e. The van der Waals surface area contributed by atoms with Gasteiger partial charge in [-0.1, -0.05) is 13.0 Å². The first kappa shape index (κ1) is 22.1. The first-order chi connectivity index (χ1) is 16.6. The molecule has 3 aromatic heterocycles. The average molecular weight is 469 g/mol. The van der Waals surface area contributed by atoms with E-state index in [1.165, 1.54) is 16.7 Å². The number of nitrogens with zero attached hydrogens (tertiary/aromatic N) is 4. The Bertz CT molecular complexity index is 1350. The molecule has 1 saturated heterocycles. The molecule has 0 amide bonds. The van der Waals surface area contributed by atoms with Gasteiger partial charge in [0, 0.05) is 38.2 Å². The molecule has 0 bridgehead atoms. The molecule has 0 radical (unpaired) electrons. The highest BCUT2D eigenvalue weighted by Crippen LogP contribution is 2.28. The van der Waals surface area contributed by atoms with Gasteiger partial charge in [-0.15, -0.1) is 0 Å². The zero-order chi connectivity index (χ0) is 23.7. The maximum absolute atomic E-state index is 13.5. The number of alkyl halides is 1. The largest absolute Gasteiger partial charge is 0.472 e. The molecule has 10 heteroatoms. The molecule has 1 N–H and O–H groups in total. The predicted octanol–water partition coefficient (Wildman–Crippen LogP) is 4.45. The van der Waals surface area contributed by atoms with Crippen LogP contribution in [0.1, 0.15) is 32.0 Å². The molecule has 1 aromatic carbocycles. The first-order valence-corrected chi connectivity index (χ1v) is 11.4. The molecule has 0 saturated carbocycles. The molecule has 4 heterocycles. The van der Waals surface area contributed by atoms with E-state index in [4.69, 9.17) is 9.26 Å². The highest BCUT2D eigenvalue weighted by atomic mass is 19.1. The van der Waals surface area contributed by atoms with Crippen molar-refractivity contribution in [3.8, 4) is 17.3 Å². The summed E-state index contributed by atoms with van der Waals surface area (Å²) in [6.45, 7) is 2.98. The quantitative estimate of drug-likeness (QED) is 0.430. The lowest BCUT2D eigenvalue weighted by atomic mass is 10.1. The number of anilines is 1. The molecule has 34 heavy (non-hydrogen) atoms. The first-order valence-electron chi connectivity index (χ1n) is 11.4. The normalized spacial score (nSPS) is 14.7. The van der Waals surface area contributed by atoms with E-state index in [1.807, 2.05) is 13.0 Å². The van der Waals surface area contributed by atoms with Gasteiger partial charge in [-0.3, -0.25) is 9.36 Å². The van der Waals surface area contributed by atoms with Crippen LogP contribution in [0.3, 0.4) is 0 Å². The van der Waals surface area contributed by atoms with Gasteiger partial charge >= 0.3 is 0 Å². The lowest BCUT2D eigenvalue weighted by molar-refractivity contribution is 0.156. The number of halogens is 2. The summed E-state index contributed by atoms with van der Waals surface area (Å²) in [5.74, 6) is 0.603. The summed E-state index contributed by atoms with van der Waals surface area (Å²) in [6.07, 6.45) is 2.17. The topological polar surface area (TPSA) is 89.2 Å². The molecular formula is C24H25F2N5O3. The number of ether oxygens (including phenoxy) is 1. The molecule has 0 aliphatic carbocycles. The number of benzene rings is 1. The van der Waals surface area contributed by atoms with E-state index in [0.717, 1.165) is 31.6 Å². The van der Waals surface area contributed by atoms with Gasteiger partial charge < -0.3 is 19.1 Å². The number of rotatable bonds is 7. The lowest BCUT2D eigenvalue weighted by Gasteiger charge is -2.33. The number of hydrogen-bond acceptors (Lipinski definition) is 6. The second-order valence-electron chi connectivity index (χ2n) is 8.38. The number of fused-ring (bicyclic) bond motifs is 1. The second-order valence-corrected chi connectivity index (χ2v) is 8.38. The zero-order valence-corrected chi connectivity index (χ0v) is 18.8. The predicted molar refractivity (Wildman–Crippen MR) is 123 cm³/mol. The second kappa shape index (κ2) is 9.28. The van der Waals surface area contributed by atoms with Crippen molar-refractivity contribution in [3.05, 3.63) is 58.4 Å². The highest BCUT2D eigenvalue weighted by molar-refractivity contribution is 5.80. The van der Waals surface area contributed by atoms with Crippen LogP contribution < -0.4 is 15.2 Å². The molecule has 1 aliphatic rings. The van der Waals surface area contributed by atoms with Crippen molar-refractivity contribution in [3.63, 3.8) is 0 Å². The van der Waals surface area contributed by atoms with E-state index in [-0.39, 0.29) is 23.3 Å². The Labute approximate surface area is 194 Å². The number of H-pyrrole nitrogens is 1. The Hall–Kier alpha value is -3.69. The van der Waals surface area contributed by atoms with Gasteiger partial charge in [0.25, 0.3) is 11.4 Å². The summed E-state index contributed by atoms with van der Waals surface area (Å²) in [7, 11) is 0. The molecule has 1 aliphatic heterocycles. The van der Waals surface area contributed by atoms with E-state index in [9.17, 15) is 13.6 Å². The van der Waals surface area contributed by atoms with Gasteiger partial charge in [-0.05, 0) is 35.8 Å². The van der Waals surface area contributed by atoms with Crippen LogP contribution in [-0.4, -0.2) is 38.9 Å². The summed E-state index contributed by atoms with van der Waals surface area (Å²) in [5, 5.41) is 4.00. The molecular weight excluding hydrogens is 444 g/mol. The van der Waals surface area contributed by atoms with Crippen LogP contribution in [0.15, 0.2) is 45.7 Å². The van der Waals surface area contributed by atoms with Crippen LogP contribution in [-0.2, 0) is 13.2 Å². The van der Waals surface area contributed by atoms with Crippen molar-refractivity contribution in [2.24, 2.45) is 0 Å². The van der Waals surface area contributed by atoms with Crippen molar-refractivity contribution in [1.29, 1.82) is 0 Å². The van der Waals surface area contributed by atoms with Gasteiger partial charge in [-0.2, -0.15) is 0 Å². The minimum absolute atomic E-state index is 0.0412. The molecule has 178 valence electrons. The number of piperidine rings is 1. The fourth-order valence-corrected chi connectivity index (χ4v) is 4.35. The molecule has 5 rings (SSSR count). The molecule has 0 atom stereocenters. The van der Waals surface area contributed by atoms with Crippen LogP contribution in [0.4, 0.5) is 14.5 Å². The fourth-order valence-electron chi connectivity index (χ4n) is 4.35. The zero-order valence-electron chi connectivity index (χ0n) is 18.8. The minimum atomic E-state index is -0.815. The van der Waals surface area contributed by atoms with Crippen LogP contribution in [0.25, 0.3) is 22.5 Å². The third-order valence-electron chi connectivity index (χ3n) is 6.04. The maximum Gasteiger partial charge on any atom is 0.277 e. The lowest BCUT2D eigenvalue weighted by Crippen LogP contribution is -2.38. The third-order valence-corrected chi connectivity index (χ3v) is 6.04. The molecule has 8 nitrogen and oxygen atoms in total. The van der Waals surface area contributed by atoms with Crippen LogP contribution in [0.2, 0.25) is 0 Å². The summed E-state index contributed by atoms with van der Waals surface area (Å²) in [5.41, 5.74) is 1.74. The Morgan fingerprint density at radius 1 is 1.24 bits per heavy atom. The fraction of sp³-hybridized carbons (Fsp3) is 0.375. The van der Waals surface area contributed by atoms with Crippen molar-refractivity contribution >= 4 is 16.7 Å². The Morgan fingerprint density at radius 2 is 2.06 bits per heavy atom. The van der Waals surface area contributed by atoms with Crippen LogP contribution in [0.5, 0.6) is 5.88 Å². The Balaban J connectivity index is 1.29. The molecule has 4 aromatic rings. The van der Waals surface area contributed by atoms with Gasteiger partial charge in [0.15, 0.2) is 5.76 Å². The van der Waals surface area contributed by atoms with Gasteiger partial charge in [0.05, 0.1) is 17.3 Å². The standard InChI is InChI=1S/C24H25F2N5O3/c1-2-8-31-21(14-25)27-19-12-18(28-23(19)24(31)32)20-13-22(29-34-20)33-17-6-9-30(10-7-17)16-5-3-4-15(26)11-16/h3-5,11-13,17,28H,2,6-10,14H2,1H3. The van der Waals surface area contributed by atoms with Gasteiger partial charge in [-0.25, -0.2) is 13.8 Å². The average Bonchev–Trinajstić information content (AvgIpc) is 3.48. The van der Waals surface area contributed by atoms with Gasteiger partial charge in [0.1, 0.15) is 29.9 Å². The van der Waals surface area contributed by atoms with Gasteiger partial charge in [0.2, 0.25) is 0 Å². The summed E-state index contributed by atoms with van der Waals surface area (Å²) in [4.78, 5) is 22.2. The van der Waals surface area contributed by atoms with E-state index >= 15 is 0 Å². The third kappa shape index (κ3) is 4.27.